The van der Waals surface area contributed by atoms with E-state index >= 15 is 0 Å². The molecule has 0 aliphatic heterocycles. The van der Waals surface area contributed by atoms with Gasteiger partial charge in [0.15, 0.2) is 0 Å². The van der Waals surface area contributed by atoms with Crippen LogP contribution in [0.25, 0.3) is 49.7 Å². The largest absolute Gasteiger partial charge is 0.356 e. The maximum Gasteiger partial charge on any atom is 0.0619 e. The van der Waals surface area contributed by atoms with Gasteiger partial charge in [-0.1, -0.05) is 109 Å². The lowest BCUT2D eigenvalue weighted by molar-refractivity contribution is 1.18. The van der Waals surface area contributed by atoms with Gasteiger partial charge in [0.1, 0.15) is 0 Å². The van der Waals surface area contributed by atoms with Crippen LogP contribution in [0.4, 0.5) is 11.4 Å². The molecule has 0 saturated heterocycles. The lowest BCUT2D eigenvalue weighted by Crippen LogP contribution is -1.95. The van der Waals surface area contributed by atoms with Crippen molar-refractivity contribution in [1.82, 2.24) is 4.57 Å². The second-order valence-electron chi connectivity index (χ2n) is 9.54. The predicted molar refractivity (Wildman–Crippen MR) is 161 cm³/mol. The normalized spacial score (nSPS) is 11.2. The van der Waals surface area contributed by atoms with E-state index in [1.807, 2.05) is 6.07 Å². The van der Waals surface area contributed by atoms with Gasteiger partial charge in [-0.3, -0.25) is 0 Å². The molecule has 1 N–H and O–H groups in total. The fourth-order valence-electron chi connectivity index (χ4n) is 5.40. The molecule has 7 aromatic rings. The molecule has 1 aromatic heterocycles. The van der Waals surface area contributed by atoms with Crippen molar-refractivity contribution in [1.29, 1.82) is 0 Å². The van der Waals surface area contributed by atoms with Crippen LogP contribution < -0.4 is 5.32 Å². The first kappa shape index (κ1) is 22.1. The Morgan fingerprint density at radius 1 is 0.421 bits per heavy atom. The summed E-state index contributed by atoms with van der Waals surface area (Å²) in [6.45, 7) is 0. The summed E-state index contributed by atoms with van der Waals surface area (Å²) in [5, 5.41) is 6.13. The maximum atomic E-state index is 3.61. The van der Waals surface area contributed by atoms with Crippen LogP contribution in [0, 0.1) is 0 Å². The highest BCUT2D eigenvalue weighted by Crippen LogP contribution is 2.38. The van der Waals surface area contributed by atoms with Gasteiger partial charge in [-0.25, -0.2) is 0 Å². The topological polar surface area (TPSA) is 17.0 Å². The first-order valence-electron chi connectivity index (χ1n) is 13.0. The molecule has 0 amide bonds. The smallest absolute Gasteiger partial charge is 0.0619 e. The number of hydrogen-bond acceptors (Lipinski definition) is 1. The number of rotatable bonds is 5. The number of fused-ring (bicyclic) bond motifs is 3. The zero-order chi connectivity index (χ0) is 25.3. The molecule has 7 rings (SSSR count). The van der Waals surface area contributed by atoms with E-state index in [-0.39, 0.29) is 0 Å². The molecule has 38 heavy (non-hydrogen) atoms. The Kier molecular flexibility index (Phi) is 5.49. The number of aromatic nitrogens is 1. The van der Waals surface area contributed by atoms with Gasteiger partial charge in [-0.2, -0.15) is 0 Å². The van der Waals surface area contributed by atoms with Gasteiger partial charge in [0.25, 0.3) is 0 Å². The van der Waals surface area contributed by atoms with Crippen molar-refractivity contribution in [3.8, 4) is 27.9 Å². The van der Waals surface area contributed by atoms with E-state index in [2.05, 4.69) is 155 Å². The lowest BCUT2D eigenvalue weighted by Gasteiger charge is -2.13. The van der Waals surface area contributed by atoms with Crippen molar-refractivity contribution in [2.75, 3.05) is 5.32 Å². The third kappa shape index (κ3) is 3.93. The molecule has 0 aliphatic rings. The van der Waals surface area contributed by atoms with E-state index in [0.717, 1.165) is 11.4 Å². The maximum absolute atomic E-state index is 3.61. The summed E-state index contributed by atoms with van der Waals surface area (Å²) in [5.41, 5.74) is 10.6. The number of para-hydroxylation sites is 3. The van der Waals surface area contributed by atoms with Crippen molar-refractivity contribution < 1.29 is 0 Å². The molecule has 0 spiro atoms. The Morgan fingerprint density at radius 2 is 1.05 bits per heavy atom. The van der Waals surface area contributed by atoms with Crippen molar-refractivity contribution >= 4 is 33.2 Å². The number of benzene rings is 6. The van der Waals surface area contributed by atoms with Gasteiger partial charge < -0.3 is 9.88 Å². The molecule has 0 unspecified atom stereocenters. The second-order valence-corrected chi connectivity index (χ2v) is 9.54. The highest BCUT2D eigenvalue weighted by molar-refractivity contribution is 6.13. The number of hydrogen-bond donors (Lipinski definition) is 1. The lowest BCUT2D eigenvalue weighted by atomic mass is 10.0. The Labute approximate surface area is 222 Å². The van der Waals surface area contributed by atoms with Crippen molar-refractivity contribution in [3.63, 3.8) is 0 Å². The molecule has 0 saturated carbocycles. The minimum absolute atomic E-state index is 1.06. The van der Waals surface area contributed by atoms with Crippen LogP contribution in [0.5, 0.6) is 0 Å². The third-order valence-electron chi connectivity index (χ3n) is 7.16. The molecule has 180 valence electrons. The fraction of sp³-hybridized carbons (Fsp3) is 0. The van der Waals surface area contributed by atoms with Crippen LogP contribution in [-0.2, 0) is 0 Å². The monoisotopic (exact) mass is 486 g/mol. The number of anilines is 2. The third-order valence-corrected chi connectivity index (χ3v) is 7.16. The van der Waals surface area contributed by atoms with E-state index < -0.39 is 0 Å². The van der Waals surface area contributed by atoms with Crippen LogP contribution in [0.15, 0.2) is 152 Å². The van der Waals surface area contributed by atoms with Gasteiger partial charge in [-0.15, -0.1) is 0 Å². The van der Waals surface area contributed by atoms with E-state index in [1.54, 1.807) is 0 Å². The van der Waals surface area contributed by atoms with Crippen LogP contribution in [-0.4, -0.2) is 4.57 Å². The molecular weight excluding hydrogens is 460 g/mol. The molecule has 0 aliphatic carbocycles. The first-order chi connectivity index (χ1) is 18.8. The summed E-state index contributed by atoms with van der Waals surface area (Å²) in [6.07, 6.45) is 0. The molecule has 0 radical (unpaired) electrons. The van der Waals surface area contributed by atoms with E-state index in [0.29, 0.717) is 0 Å². The van der Waals surface area contributed by atoms with Gasteiger partial charge in [0.05, 0.1) is 11.0 Å². The summed E-state index contributed by atoms with van der Waals surface area (Å²) in [7, 11) is 0. The fourth-order valence-corrected chi connectivity index (χ4v) is 5.40. The molecule has 0 bridgehead atoms. The zero-order valence-corrected chi connectivity index (χ0v) is 20.9. The Balaban J connectivity index is 1.31. The van der Waals surface area contributed by atoms with E-state index in [4.69, 9.17) is 0 Å². The average Bonchev–Trinajstić information content (AvgIpc) is 3.33. The molecule has 0 atom stereocenters. The molecule has 0 fully saturated rings. The van der Waals surface area contributed by atoms with Crippen LogP contribution in [0.1, 0.15) is 0 Å². The van der Waals surface area contributed by atoms with E-state index in [1.165, 1.54) is 49.7 Å². The molecular formula is C36H26N2. The quantitative estimate of drug-likeness (QED) is 0.256. The van der Waals surface area contributed by atoms with Gasteiger partial charge in [0.2, 0.25) is 0 Å². The Morgan fingerprint density at radius 3 is 1.87 bits per heavy atom. The SMILES string of the molecule is c1ccc(-c2ccc(Nc3cccc(-c4cccc5c6ccccc6n(-c6ccccc6)c45)c3)cc2)cc1. The first-order valence-corrected chi connectivity index (χ1v) is 13.0. The molecule has 6 aromatic carbocycles. The number of nitrogens with zero attached hydrogens (tertiary/aromatic N) is 1. The van der Waals surface area contributed by atoms with Gasteiger partial charge in [0, 0.05) is 33.4 Å². The predicted octanol–water partition coefficient (Wildman–Crippen LogP) is 9.86. The van der Waals surface area contributed by atoms with Crippen molar-refractivity contribution in [2.45, 2.75) is 0 Å². The second kappa shape index (κ2) is 9.42. The summed E-state index contributed by atoms with van der Waals surface area (Å²) < 4.78 is 2.39. The highest BCUT2D eigenvalue weighted by atomic mass is 15.0. The summed E-state index contributed by atoms with van der Waals surface area (Å²) >= 11 is 0. The number of nitrogens with one attached hydrogen (secondary N) is 1. The zero-order valence-electron chi connectivity index (χ0n) is 20.9. The summed E-state index contributed by atoms with van der Waals surface area (Å²) in [5.74, 6) is 0. The van der Waals surface area contributed by atoms with E-state index in [9.17, 15) is 0 Å². The highest BCUT2D eigenvalue weighted by Gasteiger charge is 2.16. The van der Waals surface area contributed by atoms with Crippen molar-refractivity contribution in [2.24, 2.45) is 0 Å². The summed E-state index contributed by atoms with van der Waals surface area (Å²) in [6, 6.07) is 53.7. The minimum atomic E-state index is 1.06. The van der Waals surface area contributed by atoms with Gasteiger partial charge >= 0.3 is 0 Å². The Hall–Kier alpha value is -5.08. The molecule has 2 nitrogen and oxygen atoms in total. The van der Waals surface area contributed by atoms with Crippen LogP contribution in [0.3, 0.4) is 0 Å². The average molecular weight is 487 g/mol. The van der Waals surface area contributed by atoms with Gasteiger partial charge in [-0.05, 0) is 59.2 Å². The summed E-state index contributed by atoms with van der Waals surface area (Å²) in [4.78, 5) is 0. The van der Waals surface area contributed by atoms with Crippen LogP contribution >= 0.6 is 0 Å². The standard InChI is InChI=1S/C36H26N2/c1-3-11-26(12-4-1)27-21-23-29(24-22-27)37-30-14-9-13-28(25-30)32-18-10-19-34-33-17-7-8-20-35(33)38(36(32)34)31-15-5-2-6-16-31/h1-25,37H. The Bertz CT molecular complexity index is 1860. The molecule has 1 heterocycles. The molecule has 2 heteroatoms. The van der Waals surface area contributed by atoms with Crippen molar-refractivity contribution in [3.05, 3.63) is 152 Å². The minimum Gasteiger partial charge on any atom is -0.356 e. The van der Waals surface area contributed by atoms with Crippen LogP contribution in [0.2, 0.25) is 0 Å².